The highest BCUT2D eigenvalue weighted by Gasteiger charge is 2.12. The fourth-order valence-electron chi connectivity index (χ4n) is 2.56. The first kappa shape index (κ1) is 21.4. The second-order valence-corrected chi connectivity index (χ2v) is 6.98. The number of amides is 1. The fraction of sp³-hybridized carbons (Fsp3) is 0.0909. The molecule has 3 rings (SSSR count). The maximum Gasteiger partial charge on any atom is 0.274 e. The first-order chi connectivity index (χ1) is 14.5. The van der Waals surface area contributed by atoms with Gasteiger partial charge in [-0.3, -0.25) is 4.79 Å². The first-order valence-corrected chi connectivity index (χ1v) is 9.60. The van der Waals surface area contributed by atoms with E-state index < -0.39 is 11.7 Å². The van der Waals surface area contributed by atoms with Crippen molar-refractivity contribution < 1.29 is 23.0 Å². The molecule has 0 aliphatic carbocycles. The van der Waals surface area contributed by atoms with E-state index >= 15 is 0 Å². The summed E-state index contributed by atoms with van der Waals surface area (Å²) < 4.78 is 38.4. The number of carbonyl (C=O) groups is 1. The van der Waals surface area contributed by atoms with Gasteiger partial charge in [-0.1, -0.05) is 24.3 Å². The van der Waals surface area contributed by atoms with E-state index in [4.69, 9.17) is 9.47 Å². The van der Waals surface area contributed by atoms with Crippen molar-refractivity contribution in [1.82, 2.24) is 5.43 Å². The average molecular weight is 475 g/mol. The van der Waals surface area contributed by atoms with E-state index in [9.17, 15) is 13.6 Å². The third kappa shape index (κ3) is 5.42. The lowest BCUT2D eigenvalue weighted by Gasteiger charge is -2.13. The van der Waals surface area contributed by atoms with E-state index in [1.807, 2.05) is 0 Å². The molecule has 8 heteroatoms. The molecule has 0 atom stereocenters. The van der Waals surface area contributed by atoms with Crippen molar-refractivity contribution >= 4 is 28.1 Å². The molecule has 30 heavy (non-hydrogen) atoms. The molecule has 0 heterocycles. The minimum atomic E-state index is -0.658. The summed E-state index contributed by atoms with van der Waals surface area (Å²) in [5.41, 5.74) is 3.60. The Morgan fingerprint density at radius 1 is 1.13 bits per heavy atom. The van der Waals surface area contributed by atoms with Crippen molar-refractivity contribution in [3.63, 3.8) is 0 Å². The summed E-state index contributed by atoms with van der Waals surface area (Å²) in [5, 5.41) is 3.86. The van der Waals surface area contributed by atoms with Crippen molar-refractivity contribution in [2.45, 2.75) is 6.61 Å². The zero-order valence-electron chi connectivity index (χ0n) is 15.9. The van der Waals surface area contributed by atoms with Crippen LogP contribution >= 0.6 is 15.9 Å². The quantitative estimate of drug-likeness (QED) is 0.383. The smallest absolute Gasteiger partial charge is 0.274 e. The SMILES string of the molecule is COc1cc(/C=N/NC(=O)c2ccccc2F)cc(Br)c1OCc1ccc(F)cc1. The Labute approximate surface area is 180 Å². The molecular formula is C22H17BrF2N2O3. The van der Waals surface area contributed by atoms with Crippen LogP contribution in [-0.4, -0.2) is 19.2 Å². The predicted molar refractivity (Wildman–Crippen MR) is 113 cm³/mol. The number of nitrogens with one attached hydrogen (secondary N) is 1. The van der Waals surface area contributed by atoms with Crippen molar-refractivity contribution in [1.29, 1.82) is 0 Å². The van der Waals surface area contributed by atoms with Crippen LogP contribution in [-0.2, 0) is 6.61 Å². The zero-order valence-corrected chi connectivity index (χ0v) is 17.4. The maximum atomic E-state index is 13.6. The molecule has 1 N–H and O–H groups in total. The molecule has 0 saturated heterocycles. The highest BCUT2D eigenvalue weighted by molar-refractivity contribution is 9.10. The number of hydrogen-bond acceptors (Lipinski definition) is 4. The molecule has 0 saturated carbocycles. The van der Waals surface area contributed by atoms with Crippen molar-refractivity contribution in [3.8, 4) is 11.5 Å². The Bertz CT molecular complexity index is 1070. The van der Waals surface area contributed by atoms with Gasteiger partial charge in [0.25, 0.3) is 5.91 Å². The van der Waals surface area contributed by atoms with Crippen LogP contribution in [0.4, 0.5) is 8.78 Å². The second-order valence-electron chi connectivity index (χ2n) is 6.13. The minimum Gasteiger partial charge on any atom is -0.493 e. The largest absolute Gasteiger partial charge is 0.493 e. The van der Waals surface area contributed by atoms with Gasteiger partial charge in [-0.15, -0.1) is 0 Å². The number of halogens is 3. The second kappa shape index (κ2) is 9.98. The highest BCUT2D eigenvalue weighted by Crippen LogP contribution is 2.36. The molecule has 0 unspecified atom stereocenters. The van der Waals surface area contributed by atoms with Crippen molar-refractivity contribution in [2.75, 3.05) is 7.11 Å². The Kier molecular flexibility index (Phi) is 7.13. The minimum absolute atomic E-state index is 0.0991. The molecule has 0 bridgehead atoms. The lowest BCUT2D eigenvalue weighted by Crippen LogP contribution is -2.18. The van der Waals surface area contributed by atoms with Crippen LogP contribution in [0.1, 0.15) is 21.5 Å². The normalized spacial score (nSPS) is 10.8. The summed E-state index contributed by atoms with van der Waals surface area (Å²) in [6.45, 7) is 0.224. The number of hydrogen-bond donors (Lipinski definition) is 1. The number of hydrazone groups is 1. The van der Waals surface area contributed by atoms with Gasteiger partial charge in [0.05, 0.1) is 23.4 Å². The Morgan fingerprint density at radius 2 is 1.87 bits per heavy atom. The fourth-order valence-corrected chi connectivity index (χ4v) is 3.14. The van der Waals surface area contributed by atoms with Gasteiger partial charge in [-0.05, 0) is 63.5 Å². The maximum absolute atomic E-state index is 13.6. The summed E-state index contributed by atoms with van der Waals surface area (Å²) in [6.07, 6.45) is 1.40. The van der Waals surface area contributed by atoms with E-state index in [-0.39, 0.29) is 18.0 Å². The Hall–Kier alpha value is -3.26. The third-order valence-corrected chi connectivity index (χ3v) is 4.64. The van der Waals surface area contributed by atoms with Gasteiger partial charge in [0.2, 0.25) is 0 Å². The number of methoxy groups -OCH3 is 1. The summed E-state index contributed by atoms with van der Waals surface area (Å²) in [4.78, 5) is 12.0. The topological polar surface area (TPSA) is 59.9 Å². The number of ether oxygens (including phenoxy) is 2. The zero-order chi connectivity index (χ0) is 21.5. The van der Waals surface area contributed by atoms with Gasteiger partial charge in [-0.2, -0.15) is 5.10 Å². The van der Waals surface area contributed by atoms with Crippen LogP contribution in [0.3, 0.4) is 0 Å². The van der Waals surface area contributed by atoms with Gasteiger partial charge in [0.15, 0.2) is 11.5 Å². The molecule has 0 aliphatic heterocycles. The number of benzene rings is 3. The lowest BCUT2D eigenvalue weighted by atomic mass is 10.2. The summed E-state index contributed by atoms with van der Waals surface area (Å²) >= 11 is 3.43. The molecule has 1 amide bonds. The van der Waals surface area contributed by atoms with E-state index in [2.05, 4.69) is 26.5 Å². The molecule has 0 spiro atoms. The summed E-state index contributed by atoms with van der Waals surface area (Å²) in [5.74, 6) is -0.696. The first-order valence-electron chi connectivity index (χ1n) is 8.80. The molecule has 0 radical (unpaired) electrons. The van der Waals surface area contributed by atoms with E-state index in [1.165, 1.54) is 43.7 Å². The van der Waals surface area contributed by atoms with E-state index in [0.717, 1.165) is 5.56 Å². The third-order valence-electron chi connectivity index (χ3n) is 4.05. The van der Waals surface area contributed by atoms with Crippen LogP contribution < -0.4 is 14.9 Å². The monoisotopic (exact) mass is 474 g/mol. The van der Waals surface area contributed by atoms with Crippen molar-refractivity contribution in [3.05, 3.63) is 93.5 Å². The van der Waals surface area contributed by atoms with E-state index in [0.29, 0.717) is 21.5 Å². The number of nitrogens with zero attached hydrogens (tertiary/aromatic N) is 1. The van der Waals surface area contributed by atoms with Crippen LogP contribution in [0.15, 0.2) is 70.2 Å². The molecule has 0 fully saturated rings. The van der Waals surface area contributed by atoms with E-state index in [1.54, 1.807) is 30.3 Å². The molecule has 3 aromatic carbocycles. The summed E-state index contributed by atoms with van der Waals surface area (Å²) in [6, 6.07) is 15.0. The van der Waals surface area contributed by atoms with Gasteiger partial charge in [0.1, 0.15) is 18.2 Å². The highest BCUT2D eigenvalue weighted by atomic mass is 79.9. The van der Waals surface area contributed by atoms with Gasteiger partial charge >= 0.3 is 0 Å². The van der Waals surface area contributed by atoms with Gasteiger partial charge in [0, 0.05) is 0 Å². The standard InChI is InChI=1S/C22H17BrF2N2O3/c1-29-20-11-15(12-26-27-22(28)17-4-2-3-5-19(17)25)10-18(23)21(20)30-13-14-6-8-16(24)9-7-14/h2-12H,13H2,1H3,(H,27,28)/b26-12+. The molecule has 0 aliphatic rings. The van der Waals surface area contributed by atoms with Crippen LogP contribution in [0.2, 0.25) is 0 Å². The van der Waals surface area contributed by atoms with Crippen LogP contribution in [0.25, 0.3) is 0 Å². The molecule has 0 aromatic heterocycles. The van der Waals surface area contributed by atoms with Crippen LogP contribution in [0, 0.1) is 11.6 Å². The molecule has 5 nitrogen and oxygen atoms in total. The average Bonchev–Trinajstić information content (AvgIpc) is 2.74. The number of carbonyl (C=O) groups excluding carboxylic acids is 1. The number of rotatable bonds is 7. The Balaban J connectivity index is 1.70. The molecular weight excluding hydrogens is 458 g/mol. The Morgan fingerprint density at radius 3 is 2.57 bits per heavy atom. The lowest BCUT2D eigenvalue weighted by molar-refractivity contribution is 0.0951. The van der Waals surface area contributed by atoms with Gasteiger partial charge in [-0.25, -0.2) is 14.2 Å². The van der Waals surface area contributed by atoms with Crippen LogP contribution in [0.5, 0.6) is 11.5 Å². The summed E-state index contributed by atoms with van der Waals surface area (Å²) in [7, 11) is 1.49. The van der Waals surface area contributed by atoms with Gasteiger partial charge < -0.3 is 9.47 Å². The molecule has 3 aromatic rings. The van der Waals surface area contributed by atoms with Crippen molar-refractivity contribution in [2.24, 2.45) is 5.10 Å². The molecule has 154 valence electrons. The predicted octanol–water partition coefficient (Wildman–Crippen LogP) is 5.08.